The number of carbonyl (C=O) groups excluding carboxylic acids is 4. The van der Waals surface area contributed by atoms with E-state index in [1.54, 1.807) is 0 Å². The average Bonchev–Trinajstić information content (AvgIpc) is 2.38. The molecule has 0 amide bonds. The summed E-state index contributed by atoms with van der Waals surface area (Å²) in [6, 6.07) is 0. The summed E-state index contributed by atoms with van der Waals surface area (Å²) in [6.07, 6.45) is -3.49. The van der Waals surface area contributed by atoms with Crippen LogP contribution in [0, 0.1) is 0 Å². The molecule has 1 atom stereocenters. The van der Waals surface area contributed by atoms with Crippen LogP contribution in [-0.2, 0) is 43.5 Å². The van der Waals surface area contributed by atoms with E-state index >= 15 is 0 Å². The lowest BCUT2D eigenvalue weighted by Crippen LogP contribution is -2.45. The maximum Gasteiger partial charge on any atom is 0.387 e. The molecule has 0 saturated carbocycles. The minimum Gasteiger partial charge on any atom is -0.481 e. The van der Waals surface area contributed by atoms with E-state index in [9.17, 15) is 29.1 Å². The minimum absolute atomic E-state index is 0.511. The van der Waals surface area contributed by atoms with Crippen LogP contribution in [0.2, 0.25) is 0 Å². The first kappa shape index (κ1) is 16.4. The van der Waals surface area contributed by atoms with Crippen molar-refractivity contribution in [2.24, 2.45) is 0 Å². The highest BCUT2D eigenvalue weighted by Crippen LogP contribution is 2.20. The molecule has 1 unspecified atom stereocenters. The van der Waals surface area contributed by atoms with Crippen molar-refractivity contribution >= 4 is 29.8 Å². The molecule has 0 bridgehead atoms. The van der Waals surface area contributed by atoms with Crippen LogP contribution in [0.3, 0.4) is 0 Å². The van der Waals surface area contributed by atoms with Gasteiger partial charge in [0.15, 0.2) is 5.60 Å². The topological polar surface area (TPSA) is 163 Å². The van der Waals surface area contributed by atoms with Gasteiger partial charge in [0.1, 0.15) is 0 Å². The van der Waals surface area contributed by atoms with Gasteiger partial charge in [-0.3, -0.25) is 4.79 Å². The molecule has 0 spiro atoms. The van der Waals surface area contributed by atoms with Gasteiger partial charge in [0.2, 0.25) is 0 Å². The summed E-state index contributed by atoms with van der Waals surface area (Å²) in [6.45, 7) is 0. The van der Waals surface area contributed by atoms with Gasteiger partial charge in [-0.25, -0.2) is 38.7 Å². The SMILES string of the molecule is O=C(O)CC1(O)CC(=O)OOC(=O)CCC(=O)OOC1=O. The van der Waals surface area contributed by atoms with Crippen molar-refractivity contribution in [2.75, 3.05) is 0 Å². The first-order chi connectivity index (χ1) is 9.73. The standard InChI is InChI=1S/C10H10O11/c11-5(12)3-10(17)4-8(15)20-18-6(13)1-2-7(14)19-21-9(10)16/h17H,1-4H2,(H,11,12). The van der Waals surface area contributed by atoms with Crippen molar-refractivity contribution < 1.29 is 53.7 Å². The number of aliphatic hydroxyl groups is 1. The number of rotatable bonds is 2. The molecule has 1 saturated heterocycles. The molecule has 11 heteroatoms. The highest BCUT2D eigenvalue weighted by molar-refractivity contribution is 5.90. The van der Waals surface area contributed by atoms with E-state index < -0.39 is 61.1 Å². The fourth-order valence-electron chi connectivity index (χ4n) is 1.27. The lowest BCUT2D eigenvalue weighted by atomic mass is 9.96. The van der Waals surface area contributed by atoms with Gasteiger partial charge in [0.25, 0.3) is 0 Å². The summed E-state index contributed by atoms with van der Waals surface area (Å²) in [5.74, 6) is -6.95. The third kappa shape index (κ3) is 5.06. The molecule has 1 heterocycles. The Hall–Kier alpha value is -2.69. The largest absolute Gasteiger partial charge is 0.481 e. The summed E-state index contributed by atoms with van der Waals surface area (Å²) in [5, 5.41) is 18.4. The molecule has 0 aromatic heterocycles. The van der Waals surface area contributed by atoms with Crippen molar-refractivity contribution in [3.8, 4) is 0 Å². The predicted octanol–water partition coefficient (Wildman–Crippen LogP) is -1.62. The summed E-state index contributed by atoms with van der Waals surface area (Å²) >= 11 is 0. The summed E-state index contributed by atoms with van der Waals surface area (Å²) in [4.78, 5) is 71.4. The fraction of sp³-hybridized carbons (Fsp3) is 0.500. The molecule has 116 valence electrons. The van der Waals surface area contributed by atoms with Gasteiger partial charge in [0.05, 0.1) is 25.7 Å². The van der Waals surface area contributed by atoms with Crippen molar-refractivity contribution in [3.05, 3.63) is 0 Å². The van der Waals surface area contributed by atoms with E-state index in [-0.39, 0.29) is 0 Å². The van der Waals surface area contributed by atoms with Crippen LogP contribution < -0.4 is 0 Å². The first-order valence-electron chi connectivity index (χ1n) is 5.49. The van der Waals surface area contributed by atoms with E-state index in [4.69, 9.17) is 5.11 Å². The van der Waals surface area contributed by atoms with Crippen molar-refractivity contribution in [1.29, 1.82) is 0 Å². The number of carboxylic acids is 1. The van der Waals surface area contributed by atoms with E-state index in [2.05, 4.69) is 19.6 Å². The molecule has 1 fully saturated rings. The number of carbonyl (C=O) groups is 5. The molecule has 11 nitrogen and oxygen atoms in total. The summed E-state index contributed by atoms with van der Waals surface area (Å²) in [5.41, 5.74) is -2.85. The van der Waals surface area contributed by atoms with Crippen LogP contribution in [-0.4, -0.2) is 45.7 Å². The van der Waals surface area contributed by atoms with Crippen molar-refractivity contribution in [1.82, 2.24) is 0 Å². The van der Waals surface area contributed by atoms with Crippen molar-refractivity contribution in [3.63, 3.8) is 0 Å². The van der Waals surface area contributed by atoms with Gasteiger partial charge in [-0.15, -0.1) is 0 Å². The molecule has 1 rings (SSSR count). The number of hydrogen-bond donors (Lipinski definition) is 2. The van der Waals surface area contributed by atoms with E-state index in [0.29, 0.717) is 0 Å². The van der Waals surface area contributed by atoms with E-state index in [0.717, 1.165) is 0 Å². The Balaban J connectivity index is 2.92. The molecular formula is C10H10O11. The zero-order valence-electron chi connectivity index (χ0n) is 10.4. The Morgan fingerprint density at radius 3 is 1.95 bits per heavy atom. The van der Waals surface area contributed by atoms with Gasteiger partial charge in [-0.05, 0) is 0 Å². The van der Waals surface area contributed by atoms with Gasteiger partial charge >= 0.3 is 29.8 Å². The van der Waals surface area contributed by atoms with E-state index in [1.165, 1.54) is 0 Å². The molecule has 0 aliphatic carbocycles. The molecule has 1 aliphatic heterocycles. The van der Waals surface area contributed by atoms with Crippen LogP contribution >= 0.6 is 0 Å². The summed E-state index contributed by atoms with van der Waals surface area (Å²) < 4.78 is 0. The number of hydrogen-bond acceptors (Lipinski definition) is 10. The third-order valence-corrected chi connectivity index (χ3v) is 2.23. The lowest BCUT2D eigenvalue weighted by molar-refractivity contribution is -0.279. The lowest BCUT2D eigenvalue weighted by Gasteiger charge is -2.21. The fourth-order valence-corrected chi connectivity index (χ4v) is 1.27. The highest BCUT2D eigenvalue weighted by atomic mass is 17.2. The number of carboxylic acid groups (broad SMARTS) is 1. The molecule has 1 aliphatic rings. The van der Waals surface area contributed by atoms with Gasteiger partial charge < -0.3 is 10.2 Å². The Kier molecular flexibility index (Phi) is 5.18. The maximum absolute atomic E-state index is 11.5. The summed E-state index contributed by atoms with van der Waals surface area (Å²) in [7, 11) is 0. The smallest absolute Gasteiger partial charge is 0.387 e. The number of aliphatic carboxylic acids is 1. The van der Waals surface area contributed by atoms with Crippen LogP contribution in [0.25, 0.3) is 0 Å². The molecule has 0 aromatic rings. The zero-order valence-corrected chi connectivity index (χ0v) is 10.4. The molecule has 21 heavy (non-hydrogen) atoms. The Morgan fingerprint density at radius 2 is 1.43 bits per heavy atom. The second kappa shape index (κ2) is 6.65. The van der Waals surface area contributed by atoms with Crippen LogP contribution in [0.5, 0.6) is 0 Å². The molecule has 0 radical (unpaired) electrons. The quantitative estimate of drug-likeness (QED) is 0.563. The monoisotopic (exact) mass is 306 g/mol. The zero-order chi connectivity index (χ0) is 16.0. The van der Waals surface area contributed by atoms with E-state index in [1.807, 2.05) is 0 Å². The second-order valence-corrected chi connectivity index (χ2v) is 4.02. The maximum atomic E-state index is 11.5. The van der Waals surface area contributed by atoms with Crippen LogP contribution in [0.4, 0.5) is 0 Å². The first-order valence-corrected chi connectivity index (χ1v) is 5.49. The van der Waals surface area contributed by atoms with Crippen molar-refractivity contribution in [2.45, 2.75) is 31.3 Å². The third-order valence-electron chi connectivity index (χ3n) is 2.23. The van der Waals surface area contributed by atoms with Crippen LogP contribution in [0.1, 0.15) is 25.7 Å². The Morgan fingerprint density at radius 1 is 0.952 bits per heavy atom. The highest BCUT2D eigenvalue weighted by Gasteiger charge is 2.45. The molecule has 2 N–H and O–H groups in total. The van der Waals surface area contributed by atoms with Crippen LogP contribution in [0.15, 0.2) is 0 Å². The second-order valence-electron chi connectivity index (χ2n) is 4.02. The Labute approximate surface area is 116 Å². The van der Waals surface area contributed by atoms with Gasteiger partial charge in [-0.1, -0.05) is 0 Å². The van der Waals surface area contributed by atoms with Gasteiger partial charge in [-0.2, -0.15) is 0 Å². The minimum atomic E-state index is -2.85. The average molecular weight is 306 g/mol. The van der Waals surface area contributed by atoms with Gasteiger partial charge in [0, 0.05) is 0 Å². The molecule has 0 aromatic carbocycles. The predicted molar refractivity (Wildman–Crippen MR) is 55.4 cm³/mol. The normalized spacial score (nSPS) is 24.6. The Bertz CT molecular complexity index is 481. The molecular weight excluding hydrogens is 296 g/mol.